The number of rotatable bonds is 3. The molecule has 1 radical (unpaired) electrons. The van der Waals surface area contributed by atoms with Crippen molar-refractivity contribution in [1.29, 1.82) is 0 Å². The number of benzene rings is 1. The van der Waals surface area contributed by atoms with Gasteiger partial charge in [-0.2, -0.15) is 0 Å². The fourth-order valence-corrected chi connectivity index (χ4v) is 1.13. The van der Waals surface area contributed by atoms with Crippen LogP contribution in [0.15, 0.2) is 24.3 Å². The highest BCUT2D eigenvalue weighted by Gasteiger charge is 2.02. The lowest BCUT2D eigenvalue weighted by molar-refractivity contribution is 0.414. The standard InChI is InChI=1S/C11H15O/c1-4-9(2)10-6-5-7-11(8-10)12-3/h5-9H,2,4H2,1,3H3. The number of ether oxygens (including phenoxy) is 1. The maximum absolute atomic E-state index is 5.12. The molecule has 0 N–H and O–H groups in total. The molecule has 65 valence electrons. The van der Waals surface area contributed by atoms with Crippen molar-refractivity contribution in [3.63, 3.8) is 0 Å². The molecule has 0 aliphatic carbocycles. The quantitative estimate of drug-likeness (QED) is 0.665. The Morgan fingerprint density at radius 1 is 1.50 bits per heavy atom. The summed E-state index contributed by atoms with van der Waals surface area (Å²) >= 11 is 0. The van der Waals surface area contributed by atoms with Crippen molar-refractivity contribution >= 4 is 0 Å². The number of hydrogen-bond donors (Lipinski definition) is 0. The monoisotopic (exact) mass is 163 g/mol. The van der Waals surface area contributed by atoms with Crippen molar-refractivity contribution in [1.82, 2.24) is 0 Å². The van der Waals surface area contributed by atoms with E-state index < -0.39 is 0 Å². The average Bonchev–Trinajstić information content (AvgIpc) is 2.17. The molecule has 0 saturated heterocycles. The predicted octanol–water partition coefficient (Wildman–Crippen LogP) is 3.02. The Labute approximate surface area is 74.4 Å². The van der Waals surface area contributed by atoms with Gasteiger partial charge in [-0.05, 0) is 37.0 Å². The first-order valence-corrected chi connectivity index (χ1v) is 4.25. The minimum absolute atomic E-state index is 0.375. The van der Waals surface area contributed by atoms with Crippen molar-refractivity contribution < 1.29 is 4.74 Å². The van der Waals surface area contributed by atoms with Crippen LogP contribution in [0.25, 0.3) is 0 Å². The fourth-order valence-electron chi connectivity index (χ4n) is 1.13. The third kappa shape index (κ3) is 2.00. The molecule has 1 atom stereocenters. The van der Waals surface area contributed by atoms with Gasteiger partial charge < -0.3 is 4.74 Å². The summed E-state index contributed by atoms with van der Waals surface area (Å²) in [5.41, 5.74) is 1.25. The van der Waals surface area contributed by atoms with Crippen LogP contribution in [0.3, 0.4) is 0 Å². The third-order valence-corrected chi connectivity index (χ3v) is 2.06. The van der Waals surface area contributed by atoms with E-state index in [2.05, 4.69) is 19.9 Å². The van der Waals surface area contributed by atoms with E-state index in [0.29, 0.717) is 5.92 Å². The van der Waals surface area contributed by atoms with E-state index in [1.807, 2.05) is 18.2 Å². The normalized spacial score (nSPS) is 12.6. The summed E-state index contributed by atoms with van der Waals surface area (Å²) in [7, 11) is 1.68. The van der Waals surface area contributed by atoms with E-state index in [1.165, 1.54) is 5.56 Å². The highest BCUT2D eigenvalue weighted by molar-refractivity contribution is 5.31. The van der Waals surface area contributed by atoms with Gasteiger partial charge in [0, 0.05) is 0 Å². The maximum Gasteiger partial charge on any atom is 0.119 e. The van der Waals surface area contributed by atoms with Crippen molar-refractivity contribution in [2.75, 3.05) is 7.11 Å². The van der Waals surface area contributed by atoms with E-state index in [1.54, 1.807) is 7.11 Å². The van der Waals surface area contributed by atoms with Gasteiger partial charge in [-0.1, -0.05) is 19.1 Å². The molecular formula is C11H15O. The van der Waals surface area contributed by atoms with Crippen LogP contribution in [-0.4, -0.2) is 7.11 Å². The zero-order chi connectivity index (χ0) is 8.97. The summed E-state index contributed by atoms with van der Waals surface area (Å²) in [5.74, 6) is 1.29. The molecule has 0 bridgehead atoms. The van der Waals surface area contributed by atoms with Gasteiger partial charge >= 0.3 is 0 Å². The molecule has 1 aromatic rings. The van der Waals surface area contributed by atoms with Crippen LogP contribution >= 0.6 is 0 Å². The first-order chi connectivity index (χ1) is 5.77. The molecule has 0 spiro atoms. The molecule has 0 aliphatic heterocycles. The minimum atomic E-state index is 0.375. The van der Waals surface area contributed by atoms with Crippen LogP contribution in [0, 0.1) is 6.92 Å². The second-order valence-corrected chi connectivity index (χ2v) is 2.88. The zero-order valence-corrected chi connectivity index (χ0v) is 7.71. The molecule has 12 heavy (non-hydrogen) atoms. The van der Waals surface area contributed by atoms with Gasteiger partial charge in [0.25, 0.3) is 0 Å². The first-order valence-electron chi connectivity index (χ1n) is 4.25. The molecule has 1 heteroatoms. The van der Waals surface area contributed by atoms with Crippen LogP contribution in [-0.2, 0) is 0 Å². The Balaban J connectivity index is 2.86. The van der Waals surface area contributed by atoms with Crippen LogP contribution in [0.1, 0.15) is 24.8 Å². The Hall–Kier alpha value is -0.980. The van der Waals surface area contributed by atoms with Gasteiger partial charge in [-0.3, -0.25) is 0 Å². The SMILES string of the molecule is [CH2]C(CC)c1cccc(OC)c1. The van der Waals surface area contributed by atoms with E-state index in [0.717, 1.165) is 12.2 Å². The predicted molar refractivity (Wildman–Crippen MR) is 51.4 cm³/mol. The summed E-state index contributed by atoms with van der Waals surface area (Å²) in [4.78, 5) is 0. The fraction of sp³-hybridized carbons (Fsp3) is 0.364. The van der Waals surface area contributed by atoms with E-state index in [9.17, 15) is 0 Å². The summed E-state index contributed by atoms with van der Waals surface area (Å²) < 4.78 is 5.12. The molecule has 1 nitrogen and oxygen atoms in total. The highest BCUT2D eigenvalue weighted by atomic mass is 16.5. The maximum atomic E-state index is 5.12. The van der Waals surface area contributed by atoms with Crippen molar-refractivity contribution in [2.45, 2.75) is 19.3 Å². The van der Waals surface area contributed by atoms with Crippen molar-refractivity contribution in [2.24, 2.45) is 0 Å². The molecule has 0 saturated carbocycles. The molecule has 0 aliphatic rings. The van der Waals surface area contributed by atoms with Crippen molar-refractivity contribution in [3.8, 4) is 5.75 Å². The van der Waals surface area contributed by atoms with Crippen molar-refractivity contribution in [3.05, 3.63) is 36.8 Å². The molecule has 1 rings (SSSR count). The Morgan fingerprint density at radius 3 is 2.83 bits per heavy atom. The third-order valence-electron chi connectivity index (χ3n) is 2.06. The molecule has 1 unspecified atom stereocenters. The summed E-state index contributed by atoms with van der Waals surface area (Å²) in [6.07, 6.45) is 1.06. The Bertz CT molecular complexity index is 243. The highest BCUT2D eigenvalue weighted by Crippen LogP contribution is 2.21. The van der Waals surface area contributed by atoms with Gasteiger partial charge in [0.2, 0.25) is 0 Å². The van der Waals surface area contributed by atoms with E-state index in [-0.39, 0.29) is 0 Å². The van der Waals surface area contributed by atoms with E-state index >= 15 is 0 Å². The average molecular weight is 163 g/mol. The van der Waals surface area contributed by atoms with Gasteiger partial charge in [-0.15, -0.1) is 0 Å². The molecule has 1 aromatic carbocycles. The Morgan fingerprint density at radius 2 is 2.25 bits per heavy atom. The van der Waals surface area contributed by atoms with Gasteiger partial charge in [-0.25, -0.2) is 0 Å². The molecule has 0 aromatic heterocycles. The zero-order valence-electron chi connectivity index (χ0n) is 7.71. The molecule has 0 fully saturated rings. The number of hydrogen-bond acceptors (Lipinski definition) is 1. The summed E-state index contributed by atoms with van der Waals surface area (Å²) in [5, 5.41) is 0. The topological polar surface area (TPSA) is 9.23 Å². The Kier molecular flexibility index (Phi) is 3.15. The lowest BCUT2D eigenvalue weighted by Crippen LogP contribution is -1.92. The van der Waals surface area contributed by atoms with Gasteiger partial charge in [0.15, 0.2) is 0 Å². The lowest BCUT2D eigenvalue weighted by atomic mass is 9.99. The van der Waals surface area contributed by atoms with Crippen LogP contribution in [0.5, 0.6) is 5.75 Å². The smallest absolute Gasteiger partial charge is 0.119 e. The molecular weight excluding hydrogens is 148 g/mol. The lowest BCUT2D eigenvalue weighted by Gasteiger charge is -2.09. The van der Waals surface area contributed by atoms with Crippen LogP contribution in [0.4, 0.5) is 0 Å². The first kappa shape index (κ1) is 9.11. The molecule has 0 heterocycles. The summed E-state index contributed by atoms with van der Waals surface area (Å²) in [6, 6.07) is 8.08. The second-order valence-electron chi connectivity index (χ2n) is 2.88. The van der Waals surface area contributed by atoms with Gasteiger partial charge in [0.05, 0.1) is 7.11 Å². The summed E-state index contributed by atoms with van der Waals surface area (Å²) in [6.45, 7) is 6.18. The second kappa shape index (κ2) is 4.15. The minimum Gasteiger partial charge on any atom is -0.497 e. The largest absolute Gasteiger partial charge is 0.497 e. The van der Waals surface area contributed by atoms with Gasteiger partial charge in [0.1, 0.15) is 5.75 Å². The van der Waals surface area contributed by atoms with Crippen LogP contribution in [0.2, 0.25) is 0 Å². The van der Waals surface area contributed by atoms with Crippen LogP contribution < -0.4 is 4.74 Å². The van der Waals surface area contributed by atoms with E-state index in [4.69, 9.17) is 4.74 Å². The number of methoxy groups -OCH3 is 1. The molecule has 0 amide bonds.